The summed E-state index contributed by atoms with van der Waals surface area (Å²) < 4.78 is 5.56. The molecule has 0 spiro atoms. The molecule has 0 saturated carbocycles. The summed E-state index contributed by atoms with van der Waals surface area (Å²) >= 11 is 0. The molecule has 26 heavy (non-hydrogen) atoms. The van der Waals surface area contributed by atoms with Crippen LogP contribution in [-0.4, -0.2) is 41.7 Å². The largest absolute Gasteiger partial charge is 0.494 e. The van der Waals surface area contributed by atoms with Crippen molar-refractivity contribution in [2.45, 2.75) is 19.8 Å². The van der Waals surface area contributed by atoms with Crippen molar-refractivity contribution in [3.05, 3.63) is 58.0 Å². The number of nitrogens with zero attached hydrogens (tertiary/aromatic N) is 1. The molecular weight excluding hydrogens is 336 g/mol. The van der Waals surface area contributed by atoms with Crippen LogP contribution in [0.5, 0.6) is 5.75 Å². The second kappa shape index (κ2) is 9.97. The summed E-state index contributed by atoms with van der Waals surface area (Å²) in [6, 6.07) is 10.3. The maximum absolute atomic E-state index is 11.7. The van der Waals surface area contributed by atoms with E-state index in [-0.39, 0.29) is 23.7 Å². The van der Waals surface area contributed by atoms with Crippen molar-refractivity contribution in [3.63, 3.8) is 0 Å². The molecule has 8 nitrogen and oxygen atoms in total. The zero-order valence-electron chi connectivity index (χ0n) is 14.6. The van der Waals surface area contributed by atoms with Crippen molar-refractivity contribution in [1.29, 1.82) is 0 Å². The summed E-state index contributed by atoms with van der Waals surface area (Å²) in [6.07, 6.45) is 0.953. The van der Waals surface area contributed by atoms with Gasteiger partial charge in [-0.1, -0.05) is 17.7 Å². The van der Waals surface area contributed by atoms with E-state index in [1.54, 1.807) is 0 Å². The number of carbonyl (C=O) groups is 2. The van der Waals surface area contributed by atoms with Crippen molar-refractivity contribution in [2.24, 2.45) is 0 Å². The number of hydrogen-bond donors (Lipinski definition) is 3. The van der Waals surface area contributed by atoms with Crippen LogP contribution in [0.25, 0.3) is 0 Å². The third-order valence-electron chi connectivity index (χ3n) is 3.48. The number of aryl methyl sites for hydroxylation is 1. The number of aromatic amines is 1. The molecule has 0 aliphatic heterocycles. The molecule has 2 amide bonds. The standard InChI is InChI=1S/C18H22N4O4/c1-13-4-6-14(7-5-13)26-12-2-3-16(23)19-10-11-20-18(25)15-8-9-17(24)22-21-15/h4-9H,2-3,10-12H2,1H3,(H,19,23)(H,20,25)(H,22,24). The van der Waals surface area contributed by atoms with Crippen LogP contribution in [0.1, 0.15) is 28.9 Å². The van der Waals surface area contributed by atoms with Crippen LogP contribution in [0.3, 0.4) is 0 Å². The SMILES string of the molecule is Cc1ccc(OCCCC(=O)NCCNC(=O)c2ccc(=O)[nH]n2)cc1. The van der Waals surface area contributed by atoms with Crippen molar-refractivity contribution in [3.8, 4) is 5.75 Å². The van der Waals surface area contributed by atoms with Crippen LogP contribution in [0.4, 0.5) is 0 Å². The Hall–Kier alpha value is -3.16. The number of aromatic nitrogens is 2. The summed E-state index contributed by atoms with van der Waals surface area (Å²) in [5.41, 5.74) is 0.907. The van der Waals surface area contributed by atoms with Gasteiger partial charge in [-0.3, -0.25) is 14.4 Å². The highest BCUT2D eigenvalue weighted by Gasteiger charge is 2.07. The molecule has 138 valence electrons. The first-order valence-electron chi connectivity index (χ1n) is 8.35. The van der Waals surface area contributed by atoms with Gasteiger partial charge in [-0.25, -0.2) is 5.10 Å². The van der Waals surface area contributed by atoms with E-state index in [0.29, 0.717) is 26.0 Å². The highest BCUT2D eigenvalue weighted by molar-refractivity contribution is 5.91. The fraction of sp³-hybridized carbons (Fsp3) is 0.333. The number of H-pyrrole nitrogens is 1. The lowest BCUT2D eigenvalue weighted by Crippen LogP contribution is -2.35. The van der Waals surface area contributed by atoms with Crippen LogP contribution in [0.15, 0.2) is 41.2 Å². The molecular formula is C18H22N4O4. The molecule has 0 unspecified atom stereocenters. The van der Waals surface area contributed by atoms with E-state index in [0.717, 1.165) is 5.75 Å². The average molecular weight is 358 g/mol. The van der Waals surface area contributed by atoms with Crippen LogP contribution in [-0.2, 0) is 4.79 Å². The molecule has 1 aromatic heterocycles. The van der Waals surface area contributed by atoms with Crippen LogP contribution in [0.2, 0.25) is 0 Å². The highest BCUT2D eigenvalue weighted by atomic mass is 16.5. The molecule has 1 heterocycles. The second-order valence-corrected chi connectivity index (χ2v) is 5.68. The lowest BCUT2D eigenvalue weighted by Gasteiger charge is -2.08. The zero-order chi connectivity index (χ0) is 18.8. The number of hydrogen-bond acceptors (Lipinski definition) is 5. The summed E-state index contributed by atoms with van der Waals surface area (Å²) in [5.74, 6) is 0.269. The Morgan fingerprint density at radius 1 is 1.08 bits per heavy atom. The number of amides is 2. The predicted octanol–water partition coefficient (Wildman–Crippen LogP) is 0.784. The van der Waals surface area contributed by atoms with Crippen LogP contribution < -0.4 is 20.9 Å². The first-order valence-corrected chi connectivity index (χ1v) is 8.35. The summed E-state index contributed by atoms with van der Waals surface area (Å²) in [6.45, 7) is 3.05. The summed E-state index contributed by atoms with van der Waals surface area (Å²) in [5, 5.41) is 11.1. The van der Waals surface area contributed by atoms with Crippen LogP contribution in [0, 0.1) is 6.92 Å². The molecule has 0 fully saturated rings. The Kier molecular flexibility index (Phi) is 7.35. The Morgan fingerprint density at radius 3 is 2.50 bits per heavy atom. The van der Waals surface area contributed by atoms with Crippen LogP contribution >= 0.6 is 0 Å². The molecule has 0 aliphatic rings. The van der Waals surface area contributed by atoms with E-state index in [9.17, 15) is 14.4 Å². The Labute approximate surface area is 151 Å². The molecule has 1 aromatic carbocycles. The maximum Gasteiger partial charge on any atom is 0.271 e. The fourth-order valence-electron chi connectivity index (χ4n) is 2.09. The average Bonchev–Trinajstić information content (AvgIpc) is 2.64. The van der Waals surface area contributed by atoms with Gasteiger partial charge < -0.3 is 15.4 Å². The molecule has 8 heteroatoms. The molecule has 2 rings (SSSR count). The third kappa shape index (κ3) is 6.76. The van der Waals surface area contributed by atoms with Gasteiger partial charge in [0.1, 0.15) is 11.4 Å². The zero-order valence-corrected chi connectivity index (χ0v) is 14.6. The minimum absolute atomic E-state index is 0.103. The number of nitrogens with one attached hydrogen (secondary N) is 3. The quantitative estimate of drug-likeness (QED) is 0.574. The van der Waals surface area contributed by atoms with Gasteiger partial charge in [0, 0.05) is 25.6 Å². The molecule has 0 aliphatic carbocycles. The van der Waals surface area contributed by atoms with E-state index in [1.165, 1.54) is 17.7 Å². The second-order valence-electron chi connectivity index (χ2n) is 5.68. The Bertz CT molecular complexity index is 766. The molecule has 0 atom stereocenters. The van der Waals surface area contributed by atoms with Gasteiger partial charge in [-0.2, -0.15) is 5.10 Å². The summed E-state index contributed by atoms with van der Waals surface area (Å²) in [7, 11) is 0. The Morgan fingerprint density at radius 2 is 1.81 bits per heavy atom. The molecule has 0 bridgehead atoms. The predicted molar refractivity (Wildman–Crippen MR) is 96.1 cm³/mol. The molecule has 0 saturated heterocycles. The van der Waals surface area contributed by atoms with Gasteiger partial charge in [-0.05, 0) is 31.5 Å². The highest BCUT2D eigenvalue weighted by Crippen LogP contribution is 2.11. The smallest absolute Gasteiger partial charge is 0.271 e. The maximum atomic E-state index is 11.7. The van der Waals surface area contributed by atoms with Gasteiger partial charge in [0.15, 0.2) is 0 Å². The van der Waals surface area contributed by atoms with E-state index >= 15 is 0 Å². The first kappa shape index (κ1) is 19.2. The van der Waals surface area contributed by atoms with Gasteiger partial charge in [0.25, 0.3) is 11.5 Å². The monoisotopic (exact) mass is 358 g/mol. The van der Waals surface area contributed by atoms with Crippen molar-refractivity contribution < 1.29 is 14.3 Å². The van der Waals surface area contributed by atoms with Gasteiger partial charge in [-0.15, -0.1) is 0 Å². The third-order valence-corrected chi connectivity index (χ3v) is 3.48. The lowest BCUT2D eigenvalue weighted by molar-refractivity contribution is -0.121. The van der Waals surface area contributed by atoms with Crippen molar-refractivity contribution >= 4 is 11.8 Å². The Balaban J connectivity index is 1.54. The number of rotatable bonds is 9. The summed E-state index contributed by atoms with van der Waals surface area (Å²) in [4.78, 5) is 34.3. The van der Waals surface area contributed by atoms with Crippen molar-refractivity contribution in [1.82, 2.24) is 20.8 Å². The fourth-order valence-corrected chi connectivity index (χ4v) is 2.09. The van der Waals surface area contributed by atoms with Gasteiger partial charge in [0.2, 0.25) is 5.91 Å². The topological polar surface area (TPSA) is 113 Å². The number of benzene rings is 1. The molecule has 2 aromatic rings. The normalized spacial score (nSPS) is 10.2. The van der Waals surface area contributed by atoms with Gasteiger partial charge in [0.05, 0.1) is 6.61 Å². The molecule has 3 N–H and O–H groups in total. The van der Waals surface area contributed by atoms with E-state index in [4.69, 9.17) is 4.74 Å². The van der Waals surface area contributed by atoms with E-state index in [2.05, 4.69) is 20.8 Å². The first-order chi connectivity index (χ1) is 12.5. The van der Waals surface area contributed by atoms with E-state index in [1.807, 2.05) is 31.2 Å². The minimum Gasteiger partial charge on any atom is -0.494 e. The van der Waals surface area contributed by atoms with Crippen molar-refractivity contribution in [2.75, 3.05) is 19.7 Å². The molecule has 0 radical (unpaired) electrons. The number of carbonyl (C=O) groups excluding carboxylic acids is 2. The lowest BCUT2D eigenvalue weighted by atomic mass is 10.2. The van der Waals surface area contributed by atoms with Gasteiger partial charge >= 0.3 is 0 Å². The minimum atomic E-state index is -0.415. The number of ether oxygens (including phenoxy) is 1. The van der Waals surface area contributed by atoms with E-state index < -0.39 is 5.91 Å².